The summed E-state index contributed by atoms with van der Waals surface area (Å²) in [6.07, 6.45) is 0. The first-order valence-corrected chi connectivity index (χ1v) is 10.2. The van der Waals surface area contributed by atoms with E-state index in [0.29, 0.717) is 11.3 Å². The maximum absolute atomic E-state index is 12.5. The molecule has 0 saturated carbocycles. The van der Waals surface area contributed by atoms with Gasteiger partial charge in [-0.1, -0.05) is 18.2 Å². The topological polar surface area (TPSA) is 122 Å². The molecule has 2 aromatic rings. The van der Waals surface area contributed by atoms with E-state index in [1.807, 2.05) is 0 Å². The number of aliphatic carboxylic acids is 1. The van der Waals surface area contributed by atoms with Gasteiger partial charge in [0.1, 0.15) is 6.04 Å². The van der Waals surface area contributed by atoms with E-state index >= 15 is 0 Å². The van der Waals surface area contributed by atoms with Gasteiger partial charge in [0.25, 0.3) is 5.91 Å². The summed E-state index contributed by atoms with van der Waals surface area (Å²) in [5, 5.41) is 12.0. The Morgan fingerprint density at radius 1 is 1.14 bits per heavy atom. The second-order valence-corrected chi connectivity index (χ2v) is 8.64. The number of carbonyl (C=O) groups excluding carboxylic acids is 1. The number of benzene rings is 2. The summed E-state index contributed by atoms with van der Waals surface area (Å²) in [6, 6.07) is 12.4. The van der Waals surface area contributed by atoms with Gasteiger partial charge in [0.05, 0.1) is 17.1 Å². The second kappa shape index (κ2) is 9.17. The largest absolute Gasteiger partial charge is 0.480 e. The third-order valence-electron chi connectivity index (χ3n) is 3.69. The minimum absolute atomic E-state index is 0.109. The zero-order valence-corrected chi connectivity index (χ0v) is 16.9. The van der Waals surface area contributed by atoms with Crippen LogP contribution in [0.3, 0.4) is 0 Å². The van der Waals surface area contributed by atoms with Crippen molar-refractivity contribution in [2.75, 3.05) is 11.9 Å². The van der Waals surface area contributed by atoms with E-state index in [1.165, 1.54) is 24.3 Å². The highest BCUT2D eigenvalue weighted by atomic mass is 32.2. The Morgan fingerprint density at radius 3 is 2.31 bits per heavy atom. The number of carbonyl (C=O) groups is 2. The lowest BCUT2D eigenvalue weighted by Crippen LogP contribution is -2.45. The van der Waals surface area contributed by atoms with Gasteiger partial charge >= 0.3 is 5.97 Å². The normalized spacial score (nSPS) is 13.4. The van der Waals surface area contributed by atoms with E-state index in [1.54, 1.807) is 44.2 Å². The summed E-state index contributed by atoms with van der Waals surface area (Å²) in [5.74, 6) is -1.74. The van der Waals surface area contributed by atoms with Gasteiger partial charge in [-0.05, 0) is 57.1 Å². The van der Waals surface area contributed by atoms with Crippen molar-refractivity contribution in [3.8, 4) is 0 Å². The molecule has 2 rings (SSSR count). The van der Waals surface area contributed by atoms with Crippen LogP contribution < -0.4 is 10.0 Å². The fraction of sp³-hybridized carbons (Fsp3) is 0.300. The molecule has 0 bridgehead atoms. The third-order valence-corrected chi connectivity index (χ3v) is 5.18. The molecule has 0 spiro atoms. The molecule has 0 heterocycles. The first-order valence-electron chi connectivity index (χ1n) is 9.39. The van der Waals surface area contributed by atoms with Crippen LogP contribution in [-0.4, -0.2) is 43.7 Å². The number of anilines is 1. The molecule has 0 aliphatic carbocycles. The molecule has 0 aliphatic rings. The van der Waals surface area contributed by atoms with E-state index in [9.17, 15) is 23.1 Å². The summed E-state index contributed by atoms with van der Waals surface area (Å²) in [7, 11) is -4.15. The smallest absolute Gasteiger partial charge is 0.324 e. The van der Waals surface area contributed by atoms with Crippen LogP contribution in [0.15, 0.2) is 59.5 Å². The van der Waals surface area contributed by atoms with E-state index in [4.69, 9.17) is 6.11 Å². The molecule has 0 fully saturated rings. The number of hydrogen-bond donors (Lipinski definition) is 3. The molecule has 0 saturated heterocycles. The van der Waals surface area contributed by atoms with Crippen LogP contribution in [-0.2, 0) is 19.6 Å². The average molecular weight is 421 g/mol. The fourth-order valence-corrected chi connectivity index (χ4v) is 3.40. The average Bonchev–Trinajstić information content (AvgIpc) is 2.72. The maximum Gasteiger partial charge on any atom is 0.324 e. The Hall–Kier alpha value is -2.75. The highest BCUT2D eigenvalue weighted by Crippen LogP contribution is 2.16. The Bertz CT molecular complexity index is 978. The van der Waals surface area contributed by atoms with Crippen molar-refractivity contribution in [3.05, 3.63) is 60.2 Å². The monoisotopic (exact) mass is 421 g/mol. The molecule has 1 amide bonds. The number of nitrogens with one attached hydrogen (secondary N) is 2. The van der Waals surface area contributed by atoms with Gasteiger partial charge in [-0.3, -0.25) is 9.59 Å². The minimum atomic E-state index is -4.15. The molecule has 0 aliphatic heterocycles. The van der Waals surface area contributed by atoms with E-state index in [2.05, 4.69) is 10.0 Å². The zero-order chi connectivity index (χ0) is 22.4. The number of ether oxygens (including phenoxy) is 1. The summed E-state index contributed by atoms with van der Waals surface area (Å²) in [5.41, 5.74) is -0.0634. The molecular formula is C20H24N2O6S. The van der Waals surface area contributed by atoms with Crippen molar-refractivity contribution in [3.63, 3.8) is 0 Å². The number of sulfonamides is 1. The Labute approximate surface area is 171 Å². The van der Waals surface area contributed by atoms with Gasteiger partial charge in [0.2, 0.25) is 10.0 Å². The van der Waals surface area contributed by atoms with E-state index in [0.717, 1.165) is 0 Å². The molecular weight excluding hydrogens is 396 g/mol. The van der Waals surface area contributed by atoms with Crippen LogP contribution in [0, 0.1) is 0 Å². The van der Waals surface area contributed by atoms with Crippen molar-refractivity contribution in [1.29, 1.82) is 0 Å². The molecule has 1 atom stereocenters. The molecule has 8 nitrogen and oxygen atoms in total. The highest BCUT2D eigenvalue weighted by Gasteiger charge is 2.27. The number of amides is 1. The minimum Gasteiger partial charge on any atom is -0.480 e. The SMILES string of the molecule is [2H]CC(C)(C)OCC(NS(=O)(=O)c1ccc(NC(=O)c2ccccc2)cc1)C(=O)O. The van der Waals surface area contributed by atoms with Gasteiger partial charge < -0.3 is 15.2 Å². The molecule has 1 unspecified atom stereocenters. The van der Waals surface area contributed by atoms with Crippen LogP contribution in [0.25, 0.3) is 0 Å². The predicted molar refractivity (Wildman–Crippen MR) is 108 cm³/mol. The van der Waals surface area contributed by atoms with Crippen molar-refractivity contribution in [2.24, 2.45) is 0 Å². The van der Waals surface area contributed by atoms with Gasteiger partial charge in [-0.15, -0.1) is 0 Å². The van der Waals surface area contributed by atoms with E-state index in [-0.39, 0.29) is 17.7 Å². The van der Waals surface area contributed by atoms with Crippen LogP contribution in [0.1, 0.15) is 32.5 Å². The summed E-state index contributed by atoms with van der Waals surface area (Å²) >= 11 is 0. The van der Waals surface area contributed by atoms with Gasteiger partial charge in [-0.2, -0.15) is 4.72 Å². The number of rotatable bonds is 8. The number of carboxylic acid groups (broad SMARTS) is 1. The summed E-state index contributed by atoms with van der Waals surface area (Å²) in [6.45, 7) is 2.68. The molecule has 9 heteroatoms. The van der Waals surface area contributed by atoms with Crippen molar-refractivity contribution >= 4 is 27.6 Å². The first-order chi connectivity index (χ1) is 14.0. The van der Waals surface area contributed by atoms with Crippen LogP contribution >= 0.6 is 0 Å². The first kappa shape index (κ1) is 21.0. The van der Waals surface area contributed by atoms with Gasteiger partial charge in [0.15, 0.2) is 0 Å². The number of hydrogen-bond acceptors (Lipinski definition) is 5. The highest BCUT2D eigenvalue weighted by molar-refractivity contribution is 7.89. The third kappa shape index (κ3) is 6.97. The molecule has 156 valence electrons. The number of carboxylic acids is 1. The molecule has 0 aromatic heterocycles. The lowest BCUT2D eigenvalue weighted by atomic mass is 10.2. The standard InChI is InChI=1S/C20H24N2O6S/c1-20(2,3)28-13-17(19(24)25)22-29(26,27)16-11-9-15(10-12-16)21-18(23)14-7-5-4-6-8-14/h4-12,17,22H,13H2,1-3H3,(H,21,23)(H,24,25)/i1D. The van der Waals surface area contributed by atoms with Crippen LogP contribution in [0.2, 0.25) is 0 Å². The lowest BCUT2D eigenvalue weighted by molar-refractivity contribution is -0.142. The van der Waals surface area contributed by atoms with Crippen LogP contribution in [0.5, 0.6) is 0 Å². The summed E-state index contributed by atoms with van der Waals surface area (Å²) in [4.78, 5) is 23.4. The predicted octanol–water partition coefficient (Wildman–Crippen LogP) is 2.49. The maximum atomic E-state index is 12.5. The Kier molecular flexibility index (Phi) is 6.63. The molecule has 29 heavy (non-hydrogen) atoms. The lowest BCUT2D eigenvalue weighted by Gasteiger charge is -2.23. The van der Waals surface area contributed by atoms with Crippen LogP contribution in [0.4, 0.5) is 5.69 Å². The fourth-order valence-electron chi connectivity index (χ4n) is 2.23. The molecule has 0 radical (unpaired) electrons. The quantitative estimate of drug-likeness (QED) is 0.602. The van der Waals surface area contributed by atoms with E-state index < -0.39 is 34.2 Å². The second-order valence-electron chi connectivity index (χ2n) is 6.93. The van der Waals surface area contributed by atoms with Crippen molar-refractivity contribution in [2.45, 2.75) is 37.3 Å². The molecule has 3 N–H and O–H groups in total. The molecule has 2 aromatic carbocycles. The van der Waals surface area contributed by atoms with Gasteiger partial charge in [0, 0.05) is 12.6 Å². The Balaban J connectivity index is 2.07. The zero-order valence-electron chi connectivity index (χ0n) is 17.1. The van der Waals surface area contributed by atoms with Crippen molar-refractivity contribution in [1.82, 2.24) is 4.72 Å². The van der Waals surface area contributed by atoms with Crippen molar-refractivity contribution < 1.29 is 29.2 Å². The Morgan fingerprint density at radius 2 is 1.76 bits per heavy atom. The summed E-state index contributed by atoms with van der Waals surface area (Å²) < 4.78 is 39.9. The van der Waals surface area contributed by atoms with Gasteiger partial charge in [-0.25, -0.2) is 8.42 Å².